The maximum absolute atomic E-state index is 12.2. The van der Waals surface area contributed by atoms with Crippen LogP contribution in [-0.4, -0.2) is 17.4 Å². The predicted molar refractivity (Wildman–Crippen MR) is 92.0 cm³/mol. The normalized spacial score (nSPS) is 15.0. The molecule has 0 aromatic heterocycles. The molecule has 0 aromatic rings. The summed E-state index contributed by atoms with van der Waals surface area (Å²) in [6.07, 6.45) is 6.60. The van der Waals surface area contributed by atoms with Crippen molar-refractivity contribution in [3.8, 4) is 0 Å². The van der Waals surface area contributed by atoms with E-state index in [2.05, 4.69) is 11.7 Å². The summed E-state index contributed by atoms with van der Waals surface area (Å²) >= 11 is 0. The molecule has 26 heavy (non-hydrogen) atoms. The third-order valence-electron chi connectivity index (χ3n) is 4.15. The third kappa shape index (κ3) is 10.4. The largest absolute Gasteiger partial charge is 0.572 e. The maximum atomic E-state index is 12.2. The van der Waals surface area contributed by atoms with Crippen LogP contribution in [0.4, 0.5) is 13.2 Å². The van der Waals surface area contributed by atoms with Crippen LogP contribution in [0, 0.1) is 0 Å². The van der Waals surface area contributed by atoms with Gasteiger partial charge in [0, 0.05) is 25.3 Å². The van der Waals surface area contributed by atoms with Crippen molar-refractivity contribution in [2.75, 3.05) is 0 Å². The summed E-state index contributed by atoms with van der Waals surface area (Å²) in [5.74, 6) is -1.47. The van der Waals surface area contributed by atoms with Crippen LogP contribution in [0.3, 0.4) is 0 Å². The molecule has 0 radical (unpaired) electrons. The van der Waals surface area contributed by atoms with E-state index >= 15 is 0 Å². The van der Waals surface area contributed by atoms with Gasteiger partial charge < -0.3 is 14.6 Å². The fourth-order valence-electron chi connectivity index (χ4n) is 2.77. The topological polar surface area (TPSA) is 55.8 Å². The van der Waals surface area contributed by atoms with Crippen molar-refractivity contribution in [1.29, 1.82) is 0 Å². The second-order valence-corrected chi connectivity index (χ2v) is 6.52. The first-order valence-electron chi connectivity index (χ1n) is 9.41. The molecule has 7 heteroatoms. The van der Waals surface area contributed by atoms with Gasteiger partial charge in [0.05, 0.1) is 0 Å². The van der Waals surface area contributed by atoms with Crippen LogP contribution in [0.25, 0.3) is 0 Å². The second-order valence-electron chi connectivity index (χ2n) is 6.52. The number of aliphatic hydroxyl groups is 1. The highest BCUT2D eigenvalue weighted by Gasteiger charge is 2.34. The lowest BCUT2D eigenvalue weighted by Gasteiger charge is -2.18. The molecular weight excluding hydrogens is 349 g/mol. The molecule has 150 valence electrons. The zero-order valence-electron chi connectivity index (χ0n) is 15.4. The molecule has 0 aliphatic heterocycles. The standard InChI is InChI=1S/C19H29F3O4/c1-2-3-4-5-6-7-8-9-10-11-18(24)25-15-12-13-17(16(23)14-15)26-19(20,21)22/h14,23H,2-13H2,1H3. The van der Waals surface area contributed by atoms with E-state index in [-0.39, 0.29) is 25.0 Å². The Hall–Kier alpha value is -1.66. The summed E-state index contributed by atoms with van der Waals surface area (Å²) in [6.45, 7) is 2.19. The van der Waals surface area contributed by atoms with Gasteiger partial charge in [-0.25, -0.2) is 0 Å². The highest BCUT2D eigenvalue weighted by molar-refractivity contribution is 5.70. The van der Waals surface area contributed by atoms with Crippen LogP contribution in [0.15, 0.2) is 23.4 Å². The van der Waals surface area contributed by atoms with Crippen molar-refractivity contribution in [2.45, 2.75) is 90.3 Å². The summed E-state index contributed by atoms with van der Waals surface area (Å²) in [7, 11) is 0. The number of allylic oxidation sites excluding steroid dienone is 3. The number of carbonyl (C=O) groups is 1. The number of halogens is 3. The van der Waals surface area contributed by atoms with Crippen LogP contribution in [0.1, 0.15) is 84.0 Å². The summed E-state index contributed by atoms with van der Waals surface area (Å²) in [5.41, 5.74) is 0. The van der Waals surface area contributed by atoms with Crippen LogP contribution in [0.5, 0.6) is 0 Å². The molecule has 0 bridgehead atoms. The summed E-state index contributed by atoms with van der Waals surface area (Å²) in [5, 5.41) is 9.55. The van der Waals surface area contributed by atoms with Gasteiger partial charge in [-0.3, -0.25) is 4.79 Å². The minimum absolute atomic E-state index is 0.0823. The molecule has 0 aromatic carbocycles. The van der Waals surface area contributed by atoms with Gasteiger partial charge in [-0.15, -0.1) is 13.2 Å². The average molecular weight is 378 g/mol. The van der Waals surface area contributed by atoms with Gasteiger partial charge >= 0.3 is 12.3 Å². The Morgan fingerprint density at radius 3 is 2.15 bits per heavy atom. The van der Waals surface area contributed by atoms with E-state index in [9.17, 15) is 23.1 Å². The Balaban J connectivity index is 2.19. The molecule has 1 rings (SSSR count). The zero-order chi connectivity index (χ0) is 19.4. The van der Waals surface area contributed by atoms with Gasteiger partial charge in [-0.2, -0.15) is 0 Å². The van der Waals surface area contributed by atoms with E-state index in [1.54, 1.807) is 0 Å². The molecule has 0 fully saturated rings. The van der Waals surface area contributed by atoms with Gasteiger partial charge in [0.25, 0.3) is 0 Å². The Bertz CT molecular complexity index is 496. The van der Waals surface area contributed by atoms with E-state index < -0.39 is 23.8 Å². The first-order valence-corrected chi connectivity index (χ1v) is 9.41. The number of hydrogen-bond donors (Lipinski definition) is 1. The average Bonchev–Trinajstić information content (AvgIpc) is 2.55. The van der Waals surface area contributed by atoms with E-state index in [0.717, 1.165) is 25.3 Å². The lowest BCUT2D eigenvalue weighted by molar-refractivity contribution is -0.307. The molecule has 4 nitrogen and oxygen atoms in total. The van der Waals surface area contributed by atoms with Gasteiger partial charge in [0.1, 0.15) is 11.5 Å². The van der Waals surface area contributed by atoms with E-state index in [0.29, 0.717) is 0 Å². The SMILES string of the molecule is CCCCCCCCCCCC(=O)OC1=CC(O)=C(OC(F)(F)F)CC1. The van der Waals surface area contributed by atoms with E-state index in [1.165, 1.54) is 38.5 Å². The molecule has 0 saturated heterocycles. The molecule has 1 aliphatic rings. The van der Waals surface area contributed by atoms with Crippen molar-refractivity contribution >= 4 is 5.97 Å². The Labute approximate surface area is 153 Å². The zero-order valence-corrected chi connectivity index (χ0v) is 15.4. The molecule has 0 unspecified atom stereocenters. The predicted octanol–water partition coefficient (Wildman–Crippen LogP) is 6.43. The van der Waals surface area contributed by atoms with Gasteiger partial charge in [-0.05, 0) is 6.42 Å². The molecule has 0 heterocycles. The van der Waals surface area contributed by atoms with Crippen LogP contribution in [-0.2, 0) is 14.3 Å². The number of unbranched alkanes of at least 4 members (excludes halogenated alkanes) is 8. The van der Waals surface area contributed by atoms with Crippen LogP contribution in [0.2, 0.25) is 0 Å². The lowest BCUT2D eigenvalue weighted by Crippen LogP contribution is -2.16. The third-order valence-corrected chi connectivity index (χ3v) is 4.15. The molecule has 1 aliphatic carbocycles. The van der Waals surface area contributed by atoms with Crippen molar-refractivity contribution in [3.05, 3.63) is 23.4 Å². The van der Waals surface area contributed by atoms with Crippen molar-refractivity contribution < 1.29 is 32.5 Å². The fraction of sp³-hybridized carbons (Fsp3) is 0.737. The molecule has 0 spiro atoms. The smallest absolute Gasteiger partial charge is 0.504 e. The number of carbonyl (C=O) groups excluding carboxylic acids is 1. The Kier molecular flexibility index (Phi) is 10.2. The van der Waals surface area contributed by atoms with Crippen molar-refractivity contribution in [1.82, 2.24) is 0 Å². The number of ether oxygens (including phenoxy) is 2. The number of alkyl halides is 3. The van der Waals surface area contributed by atoms with Gasteiger partial charge in [-0.1, -0.05) is 58.3 Å². The highest BCUT2D eigenvalue weighted by Crippen LogP contribution is 2.30. The minimum Gasteiger partial charge on any atom is -0.504 e. The summed E-state index contributed by atoms with van der Waals surface area (Å²) in [4.78, 5) is 11.8. The Morgan fingerprint density at radius 2 is 1.62 bits per heavy atom. The van der Waals surface area contributed by atoms with Crippen LogP contribution < -0.4 is 0 Å². The first-order chi connectivity index (χ1) is 12.3. The van der Waals surface area contributed by atoms with E-state index in [4.69, 9.17) is 4.74 Å². The number of hydrogen-bond acceptors (Lipinski definition) is 4. The Morgan fingerprint density at radius 1 is 1.04 bits per heavy atom. The van der Waals surface area contributed by atoms with Gasteiger partial charge in [0.2, 0.25) is 0 Å². The quantitative estimate of drug-likeness (QED) is 0.314. The molecule has 0 amide bonds. The molecular formula is C19H29F3O4. The van der Waals surface area contributed by atoms with Crippen molar-refractivity contribution in [3.63, 3.8) is 0 Å². The second kappa shape index (κ2) is 11.9. The monoisotopic (exact) mass is 378 g/mol. The highest BCUT2D eigenvalue weighted by atomic mass is 19.4. The molecule has 1 N–H and O–H groups in total. The lowest BCUT2D eigenvalue weighted by atomic mass is 10.1. The number of aliphatic hydroxyl groups excluding tert-OH is 1. The van der Waals surface area contributed by atoms with Gasteiger partial charge in [0.15, 0.2) is 5.76 Å². The van der Waals surface area contributed by atoms with Crippen LogP contribution >= 0.6 is 0 Å². The van der Waals surface area contributed by atoms with E-state index in [1.807, 2.05) is 0 Å². The van der Waals surface area contributed by atoms with Crippen molar-refractivity contribution in [2.24, 2.45) is 0 Å². The molecule has 0 atom stereocenters. The summed E-state index contributed by atoms with van der Waals surface area (Å²) in [6, 6.07) is 0. The minimum atomic E-state index is -4.85. The molecule has 0 saturated carbocycles. The maximum Gasteiger partial charge on any atom is 0.572 e. The fourth-order valence-corrected chi connectivity index (χ4v) is 2.77. The first kappa shape index (κ1) is 22.4. The summed E-state index contributed by atoms with van der Waals surface area (Å²) < 4.78 is 45.3. The number of rotatable bonds is 12. The number of esters is 1.